The van der Waals surface area contributed by atoms with E-state index in [-0.39, 0.29) is 17.3 Å². The second-order valence-corrected chi connectivity index (χ2v) is 6.40. The Hall–Kier alpha value is -2.17. The molecule has 1 amide bonds. The standard InChI is InChI=1S/C17H22FN3O/c1-17(2,3)20-16(22)5-4-10-21-12-14(11-19-21)13-6-8-15(18)9-7-13/h6-9,11-12H,4-5,10H2,1-3H3,(H,20,22). The Labute approximate surface area is 130 Å². The van der Waals surface area contributed by atoms with Crippen LogP contribution in [0.2, 0.25) is 0 Å². The molecule has 0 spiro atoms. The predicted molar refractivity (Wildman–Crippen MR) is 84.8 cm³/mol. The number of nitrogens with zero attached hydrogens (tertiary/aromatic N) is 2. The molecule has 0 radical (unpaired) electrons. The van der Waals surface area contributed by atoms with Gasteiger partial charge in [0.05, 0.1) is 6.20 Å². The van der Waals surface area contributed by atoms with Crippen molar-refractivity contribution in [3.8, 4) is 11.1 Å². The number of rotatable bonds is 5. The van der Waals surface area contributed by atoms with Gasteiger partial charge < -0.3 is 5.32 Å². The summed E-state index contributed by atoms with van der Waals surface area (Å²) in [6.07, 6.45) is 4.87. The quantitative estimate of drug-likeness (QED) is 0.920. The Kier molecular flexibility index (Phi) is 4.96. The van der Waals surface area contributed by atoms with Crippen LogP contribution in [0.4, 0.5) is 4.39 Å². The largest absolute Gasteiger partial charge is 0.352 e. The molecule has 118 valence electrons. The van der Waals surface area contributed by atoms with E-state index in [1.165, 1.54) is 12.1 Å². The van der Waals surface area contributed by atoms with Gasteiger partial charge in [0.25, 0.3) is 0 Å². The van der Waals surface area contributed by atoms with E-state index in [9.17, 15) is 9.18 Å². The van der Waals surface area contributed by atoms with Crippen LogP contribution in [0, 0.1) is 5.82 Å². The van der Waals surface area contributed by atoms with Crippen LogP contribution in [0.25, 0.3) is 11.1 Å². The average molecular weight is 303 g/mol. The zero-order valence-corrected chi connectivity index (χ0v) is 13.3. The highest BCUT2D eigenvalue weighted by Gasteiger charge is 2.13. The molecule has 22 heavy (non-hydrogen) atoms. The van der Waals surface area contributed by atoms with E-state index in [1.807, 2.05) is 31.6 Å². The van der Waals surface area contributed by atoms with E-state index in [1.54, 1.807) is 18.3 Å². The van der Waals surface area contributed by atoms with Crippen molar-refractivity contribution in [1.29, 1.82) is 0 Å². The lowest BCUT2D eigenvalue weighted by Crippen LogP contribution is -2.40. The number of hydrogen-bond donors (Lipinski definition) is 1. The number of aryl methyl sites for hydroxylation is 1. The SMILES string of the molecule is CC(C)(C)NC(=O)CCCn1cc(-c2ccc(F)cc2)cn1. The molecule has 0 aliphatic rings. The van der Waals surface area contributed by atoms with Crippen molar-refractivity contribution in [3.63, 3.8) is 0 Å². The van der Waals surface area contributed by atoms with Crippen LogP contribution >= 0.6 is 0 Å². The van der Waals surface area contributed by atoms with Crippen LogP contribution in [0.5, 0.6) is 0 Å². The van der Waals surface area contributed by atoms with Crippen molar-refractivity contribution in [2.45, 2.75) is 45.7 Å². The van der Waals surface area contributed by atoms with E-state index in [0.29, 0.717) is 13.0 Å². The minimum atomic E-state index is -0.249. The van der Waals surface area contributed by atoms with Crippen LogP contribution in [0.15, 0.2) is 36.7 Å². The first-order valence-electron chi connectivity index (χ1n) is 7.43. The molecule has 2 aromatic rings. The van der Waals surface area contributed by atoms with Crippen LogP contribution in [0.1, 0.15) is 33.6 Å². The van der Waals surface area contributed by atoms with Crippen molar-refractivity contribution >= 4 is 5.91 Å². The van der Waals surface area contributed by atoms with E-state index in [4.69, 9.17) is 0 Å². The Morgan fingerprint density at radius 3 is 2.55 bits per heavy atom. The summed E-state index contributed by atoms with van der Waals surface area (Å²) in [7, 11) is 0. The highest BCUT2D eigenvalue weighted by Crippen LogP contribution is 2.18. The van der Waals surface area contributed by atoms with Gasteiger partial charge in [-0.15, -0.1) is 0 Å². The van der Waals surface area contributed by atoms with Gasteiger partial charge in [0.2, 0.25) is 5.91 Å². The maximum Gasteiger partial charge on any atom is 0.220 e. The fourth-order valence-electron chi connectivity index (χ4n) is 2.16. The fourth-order valence-corrected chi connectivity index (χ4v) is 2.16. The number of halogens is 1. The molecule has 0 fully saturated rings. The molecular weight excluding hydrogens is 281 g/mol. The highest BCUT2D eigenvalue weighted by atomic mass is 19.1. The second kappa shape index (κ2) is 6.73. The van der Waals surface area contributed by atoms with Crippen LogP contribution in [-0.4, -0.2) is 21.2 Å². The van der Waals surface area contributed by atoms with Crippen molar-refractivity contribution < 1.29 is 9.18 Å². The molecule has 0 bridgehead atoms. The molecular formula is C17H22FN3O. The minimum absolute atomic E-state index is 0.0541. The summed E-state index contributed by atoms with van der Waals surface area (Å²) < 4.78 is 14.7. The molecule has 4 nitrogen and oxygen atoms in total. The monoisotopic (exact) mass is 303 g/mol. The lowest BCUT2D eigenvalue weighted by atomic mass is 10.1. The van der Waals surface area contributed by atoms with Gasteiger partial charge in [-0.05, 0) is 44.9 Å². The summed E-state index contributed by atoms with van der Waals surface area (Å²) in [6, 6.07) is 6.33. The van der Waals surface area contributed by atoms with E-state index < -0.39 is 0 Å². The van der Waals surface area contributed by atoms with E-state index >= 15 is 0 Å². The first-order valence-corrected chi connectivity index (χ1v) is 7.43. The summed E-state index contributed by atoms with van der Waals surface area (Å²) in [5.74, 6) is -0.195. The van der Waals surface area contributed by atoms with Gasteiger partial charge in [-0.3, -0.25) is 9.48 Å². The second-order valence-electron chi connectivity index (χ2n) is 6.40. The molecule has 5 heteroatoms. The third-order valence-electron chi connectivity index (χ3n) is 3.12. The molecule has 1 aromatic carbocycles. The number of nitrogens with one attached hydrogen (secondary N) is 1. The van der Waals surface area contributed by atoms with Crippen molar-refractivity contribution in [3.05, 3.63) is 42.5 Å². The molecule has 0 unspecified atom stereocenters. The summed E-state index contributed by atoms with van der Waals surface area (Å²) in [5, 5.41) is 7.22. The zero-order chi connectivity index (χ0) is 16.2. The Balaban J connectivity index is 1.85. The van der Waals surface area contributed by atoms with Gasteiger partial charge >= 0.3 is 0 Å². The smallest absolute Gasteiger partial charge is 0.220 e. The minimum Gasteiger partial charge on any atom is -0.352 e. The van der Waals surface area contributed by atoms with Gasteiger partial charge in [-0.25, -0.2) is 4.39 Å². The molecule has 0 aliphatic carbocycles. The van der Waals surface area contributed by atoms with Gasteiger partial charge in [-0.2, -0.15) is 5.10 Å². The number of carbonyl (C=O) groups is 1. The average Bonchev–Trinajstić information content (AvgIpc) is 2.86. The number of hydrogen-bond acceptors (Lipinski definition) is 2. The lowest BCUT2D eigenvalue weighted by Gasteiger charge is -2.20. The maximum absolute atomic E-state index is 12.9. The topological polar surface area (TPSA) is 46.9 Å². The van der Waals surface area contributed by atoms with E-state index in [2.05, 4.69) is 10.4 Å². The van der Waals surface area contributed by atoms with Gasteiger partial charge in [0.1, 0.15) is 5.82 Å². The third kappa shape index (κ3) is 4.98. The summed E-state index contributed by atoms with van der Waals surface area (Å²) in [4.78, 5) is 11.7. The molecule has 0 saturated carbocycles. The first kappa shape index (κ1) is 16.2. The Morgan fingerprint density at radius 1 is 1.23 bits per heavy atom. The summed E-state index contributed by atoms with van der Waals surface area (Å²) >= 11 is 0. The van der Waals surface area contributed by atoms with Crippen LogP contribution in [-0.2, 0) is 11.3 Å². The number of amides is 1. The van der Waals surface area contributed by atoms with Gasteiger partial charge in [0, 0.05) is 30.3 Å². The Bertz CT molecular complexity index is 626. The van der Waals surface area contributed by atoms with E-state index in [0.717, 1.165) is 17.5 Å². The predicted octanol–water partition coefficient (Wildman–Crippen LogP) is 3.38. The normalized spacial score (nSPS) is 11.5. The highest BCUT2D eigenvalue weighted by molar-refractivity contribution is 5.76. The fraction of sp³-hybridized carbons (Fsp3) is 0.412. The van der Waals surface area contributed by atoms with Crippen LogP contribution in [0.3, 0.4) is 0 Å². The molecule has 0 aliphatic heterocycles. The summed E-state index contributed by atoms with van der Waals surface area (Å²) in [6.45, 7) is 6.58. The number of benzene rings is 1. The number of aromatic nitrogens is 2. The third-order valence-corrected chi connectivity index (χ3v) is 3.12. The lowest BCUT2D eigenvalue weighted by molar-refractivity contribution is -0.122. The van der Waals surface area contributed by atoms with Crippen molar-refractivity contribution in [2.75, 3.05) is 0 Å². The van der Waals surface area contributed by atoms with Crippen molar-refractivity contribution in [2.24, 2.45) is 0 Å². The molecule has 1 N–H and O–H groups in total. The number of carbonyl (C=O) groups excluding carboxylic acids is 1. The van der Waals surface area contributed by atoms with Gasteiger partial charge in [-0.1, -0.05) is 12.1 Å². The first-order chi connectivity index (χ1) is 10.3. The van der Waals surface area contributed by atoms with Crippen LogP contribution < -0.4 is 5.32 Å². The molecule has 1 aromatic heterocycles. The summed E-state index contributed by atoms with van der Waals surface area (Å²) in [5.41, 5.74) is 1.68. The molecule has 1 heterocycles. The molecule has 0 atom stereocenters. The zero-order valence-electron chi connectivity index (χ0n) is 13.3. The molecule has 2 rings (SSSR count). The molecule has 0 saturated heterocycles. The van der Waals surface area contributed by atoms with Crippen molar-refractivity contribution in [1.82, 2.24) is 15.1 Å². The Morgan fingerprint density at radius 2 is 1.91 bits per heavy atom. The maximum atomic E-state index is 12.9. The van der Waals surface area contributed by atoms with Gasteiger partial charge in [0.15, 0.2) is 0 Å².